The Morgan fingerprint density at radius 3 is 2.31 bits per heavy atom. The number of piperazine rings is 1. The molecule has 0 aliphatic carbocycles. The topological polar surface area (TPSA) is 63.0 Å². The number of aromatic nitrogens is 5. The lowest BCUT2D eigenvalue weighted by atomic mass is 10.0. The summed E-state index contributed by atoms with van der Waals surface area (Å²) < 4.78 is 31.7. The summed E-state index contributed by atoms with van der Waals surface area (Å²) in [6.07, 6.45) is 6.07. The Bertz CT molecular complexity index is 1370. The van der Waals surface area contributed by atoms with Crippen LogP contribution < -0.4 is 4.90 Å². The second kappa shape index (κ2) is 9.89. The molecule has 1 aliphatic heterocycles. The van der Waals surface area contributed by atoms with Crippen molar-refractivity contribution in [3.05, 3.63) is 65.8 Å². The summed E-state index contributed by atoms with van der Waals surface area (Å²) in [6.45, 7) is 9.86. The van der Waals surface area contributed by atoms with Crippen molar-refractivity contribution in [1.29, 1.82) is 0 Å². The second-order valence-electron chi connectivity index (χ2n) is 9.75. The fraction of sp³-hybridized carbons (Fsp3) is 0.407. The molecular formula is C27H31F2N7. The SMILES string of the molecule is Cc1nc2c(F)cc(-c3cc(CCc4ncc(N5CCN(C)CC5)cn4)ncc3F)cc2n1C(C)C. The molecule has 0 bridgehead atoms. The molecule has 1 aromatic carbocycles. The van der Waals surface area contributed by atoms with Crippen LogP contribution in [0.1, 0.15) is 37.2 Å². The van der Waals surface area contributed by atoms with E-state index < -0.39 is 11.6 Å². The molecule has 0 N–H and O–H groups in total. The van der Waals surface area contributed by atoms with Gasteiger partial charge in [0.1, 0.15) is 23.0 Å². The number of hydrogen-bond donors (Lipinski definition) is 0. The lowest BCUT2D eigenvalue weighted by molar-refractivity contribution is 0.312. The molecule has 1 saturated heterocycles. The van der Waals surface area contributed by atoms with Crippen molar-refractivity contribution in [2.75, 3.05) is 38.1 Å². The highest BCUT2D eigenvalue weighted by atomic mass is 19.1. The van der Waals surface area contributed by atoms with Gasteiger partial charge < -0.3 is 14.4 Å². The molecule has 1 fully saturated rings. The number of fused-ring (bicyclic) bond motifs is 1. The predicted octanol–water partition coefficient (Wildman–Crippen LogP) is 4.59. The Labute approximate surface area is 209 Å². The van der Waals surface area contributed by atoms with Crippen molar-refractivity contribution in [2.45, 2.75) is 39.7 Å². The number of nitrogens with zero attached hydrogens (tertiary/aromatic N) is 7. The van der Waals surface area contributed by atoms with E-state index in [1.165, 1.54) is 12.3 Å². The number of halogens is 2. The highest BCUT2D eigenvalue weighted by molar-refractivity contribution is 5.83. The van der Waals surface area contributed by atoms with Crippen molar-refractivity contribution in [3.8, 4) is 11.1 Å². The van der Waals surface area contributed by atoms with E-state index in [1.807, 2.05) is 37.7 Å². The summed E-state index contributed by atoms with van der Waals surface area (Å²) in [5, 5.41) is 0. The van der Waals surface area contributed by atoms with Gasteiger partial charge in [-0.25, -0.2) is 23.7 Å². The monoisotopic (exact) mass is 491 g/mol. The van der Waals surface area contributed by atoms with E-state index in [-0.39, 0.29) is 6.04 Å². The van der Waals surface area contributed by atoms with E-state index in [4.69, 9.17) is 0 Å². The van der Waals surface area contributed by atoms with Gasteiger partial charge >= 0.3 is 0 Å². The van der Waals surface area contributed by atoms with Gasteiger partial charge in [0.15, 0.2) is 5.82 Å². The van der Waals surface area contributed by atoms with Crippen LogP contribution in [0.5, 0.6) is 0 Å². The highest BCUT2D eigenvalue weighted by Gasteiger charge is 2.18. The zero-order valence-corrected chi connectivity index (χ0v) is 21.2. The van der Waals surface area contributed by atoms with E-state index in [0.29, 0.717) is 46.5 Å². The zero-order valence-electron chi connectivity index (χ0n) is 21.2. The quantitative estimate of drug-likeness (QED) is 0.393. The number of rotatable bonds is 6. The first-order valence-corrected chi connectivity index (χ1v) is 12.4. The van der Waals surface area contributed by atoms with Crippen molar-refractivity contribution in [1.82, 2.24) is 29.4 Å². The number of pyridine rings is 1. The second-order valence-corrected chi connectivity index (χ2v) is 9.75. The van der Waals surface area contributed by atoms with E-state index in [0.717, 1.165) is 37.7 Å². The van der Waals surface area contributed by atoms with Gasteiger partial charge in [-0.05, 0) is 58.0 Å². The third-order valence-electron chi connectivity index (χ3n) is 6.83. The van der Waals surface area contributed by atoms with Gasteiger partial charge in [0, 0.05) is 49.9 Å². The Hall–Kier alpha value is -3.46. The molecule has 4 aromatic rings. The van der Waals surface area contributed by atoms with Gasteiger partial charge in [0.05, 0.1) is 29.8 Å². The van der Waals surface area contributed by atoms with E-state index in [9.17, 15) is 8.78 Å². The average Bonchev–Trinajstić information content (AvgIpc) is 3.21. The van der Waals surface area contributed by atoms with Crippen LogP contribution in [0.4, 0.5) is 14.5 Å². The van der Waals surface area contributed by atoms with E-state index in [1.54, 1.807) is 12.1 Å². The minimum Gasteiger partial charge on any atom is -0.366 e. The maximum Gasteiger partial charge on any atom is 0.151 e. The largest absolute Gasteiger partial charge is 0.366 e. The Morgan fingerprint density at radius 1 is 0.889 bits per heavy atom. The van der Waals surface area contributed by atoms with Crippen LogP contribution in [0.3, 0.4) is 0 Å². The molecule has 3 aromatic heterocycles. The fourth-order valence-electron chi connectivity index (χ4n) is 4.86. The number of imidazole rings is 1. The molecule has 0 saturated carbocycles. The van der Waals surface area contributed by atoms with Crippen LogP contribution >= 0.6 is 0 Å². The Balaban J connectivity index is 1.35. The molecule has 0 spiro atoms. The van der Waals surface area contributed by atoms with Crippen molar-refractivity contribution < 1.29 is 8.78 Å². The molecule has 0 unspecified atom stereocenters. The number of aryl methyl sites for hydroxylation is 3. The molecule has 1 aliphatic rings. The summed E-state index contributed by atoms with van der Waals surface area (Å²) in [6, 6.07) is 4.95. The molecule has 0 amide bonds. The van der Waals surface area contributed by atoms with Gasteiger partial charge in [-0.2, -0.15) is 0 Å². The lowest BCUT2D eigenvalue weighted by Crippen LogP contribution is -2.44. The number of benzene rings is 1. The van der Waals surface area contributed by atoms with Crippen molar-refractivity contribution in [3.63, 3.8) is 0 Å². The van der Waals surface area contributed by atoms with E-state index in [2.05, 4.69) is 36.8 Å². The van der Waals surface area contributed by atoms with Crippen LogP contribution in [0.25, 0.3) is 22.2 Å². The lowest BCUT2D eigenvalue weighted by Gasteiger charge is -2.33. The summed E-state index contributed by atoms with van der Waals surface area (Å²) in [5.74, 6) is 0.490. The van der Waals surface area contributed by atoms with Gasteiger partial charge in [0.25, 0.3) is 0 Å². The van der Waals surface area contributed by atoms with Crippen molar-refractivity contribution in [2.24, 2.45) is 0 Å². The van der Waals surface area contributed by atoms with Gasteiger partial charge in [-0.1, -0.05) is 0 Å². The van der Waals surface area contributed by atoms with Crippen LogP contribution in [-0.4, -0.2) is 62.6 Å². The molecule has 4 heterocycles. The fourth-order valence-corrected chi connectivity index (χ4v) is 4.86. The number of hydrogen-bond acceptors (Lipinski definition) is 6. The molecule has 7 nitrogen and oxygen atoms in total. The van der Waals surface area contributed by atoms with Crippen LogP contribution in [-0.2, 0) is 12.8 Å². The Kier molecular flexibility index (Phi) is 6.66. The minimum atomic E-state index is -0.488. The molecule has 0 radical (unpaired) electrons. The molecule has 5 rings (SSSR count). The first-order valence-electron chi connectivity index (χ1n) is 12.4. The Morgan fingerprint density at radius 2 is 1.61 bits per heavy atom. The first-order chi connectivity index (χ1) is 17.3. The normalized spacial score (nSPS) is 14.8. The maximum absolute atomic E-state index is 14.9. The van der Waals surface area contributed by atoms with Crippen molar-refractivity contribution >= 4 is 16.7 Å². The van der Waals surface area contributed by atoms with E-state index >= 15 is 0 Å². The van der Waals surface area contributed by atoms with Crippen LogP contribution in [0.2, 0.25) is 0 Å². The van der Waals surface area contributed by atoms with Crippen LogP contribution in [0, 0.1) is 18.6 Å². The van der Waals surface area contributed by atoms with Gasteiger partial charge in [-0.3, -0.25) is 4.98 Å². The maximum atomic E-state index is 14.9. The van der Waals surface area contributed by atoms with Gasteiger partial charge in [-0.15, -0.1) is 0 Å². The minimum absolute atomic E-state index is 0.102. The zero-order chi connectivity index (χ0) is 25.4. The highest BCUT2D eigenvalue weighted by Crippen LogP contribution is 2.31. The number of anilines is 1. The average molecular weight is 492 g/mol. The summed E-state index contributed by atoms with van der Waals surface area (Å²) in [4.78, 5) is 22.3. The third-order valence-corrected chi connectivity index (χ3v) is 6.83. The van der Waals surface area contributed by atoms with Crippen LogP contribution in [0.15, 0.2) is 36.8 Å². The summed E-state index contributed by atoms with van der Waals surface area (Å²) >= 11 is 0. The molecule has 188 valence electrons. The standard InChI is InChI=1S/C27H31F2N7/c1-17(2)36-18(3)33-27-23(28)11-19(12-25(27)36)22-13-20(30-16-24(22)29)5-6-26-31-14-21(15-32-26)35-9-7-34(4)8-10-35/h11-17H,5-10H2,1-4H3. The molecule has 36 heavy (non-hydrogen) atoms. The summed E-state index contributed by atoms with van der Waals surface area (Å²) in [7, 11) is 2.13. The van der Waals surface area contributed by atoms with Gasteiger partial charge in [0.2, 0.25) is 0 Å². The third kappa shape index (κ3) is 4.80. The molecule has 0 atom stereocenters. The molecule has 9 heteroatoms. The summed E-state index contributed by atoms with van der Waals surface area (Å²) in [5.41, 5.74) is 3.48. The first kappa shape index (κ1) is 24.2. The molecular weight excluding hydrogens is 460 g/mol. The number of likely N-dealkylation sites (N-methyl/N-ethyl adjacent to an activating group) is 1. The smallest absolute Gasteiger partial charge is 0.151 e. The predicted molar refractivity (Wildman–Crippen MR) is 137 cm³/mol.